The number of rotatable bonds is 2. The van der Waals surface area contributed by atoms with Gasteiger partial charge in [-0.2, -0.15) is 0 Å². The fourth-order valence-corrected chi connectivity index (χ4v) is 2.55. The van der Waals surface area contributed by atoms with Crippen molar-refractivity contribution < 1.29 is 9.59 Å². The Morgan fingerprint density at radius 1 is 1.24 bits per heavy atom. The Morgan fingerprint density at radius 3 is 2.38 bits per heavy atom. The van der Waals surface area contributed by atoms with Crippen LogP contribution in [0.5, 0.6) is 0 Å². The van der Waals surface area contributed by atoms with Crippen LogP contribution in [0.4, 0.5) is 5.69 Å². The number of piperidine rings is 1. The lowest BCUT2D eigenvalue weighted by Crippen LogP contribution is -2.47. The second-order valence-electron chi connectivity index (χ2n) is 5.41. The first-order valence-corrected chi connectivity index (χ1v) is 7.37. The lowest BCUT2D eigenvalue weighted by Gasteiger charge is -2.34. The summed E-state index contributed by atoms with van der Waals surface area (Å²) >= 11 is 5.78. The molecule has 0 spiro atoms. The van der Waals surface area contributed by atoms with Crippen molar-refractivity contribution in [2.75, 3.05) is 32.5 Å². The minimum Gasteiger partial charge on any atom is -0.334 e. The Morgan fingerprint density at radius 2 is 1.81 bits per heavy atom. The number of likely N-dealkylation sites (N-methyl/N-ethyl adjacent to an activating group) is 1. The van der Waals surface area contributed by atoms with Gasteiger partial charge in [-0.25, -0.2) is 0 Å². The second-order valence-corrected chi connectivity index (χ2v) is 5.85. The summed E-state index contributed by atoms with van der Waals surface area (Å²) in [5.74, 6) is -1.11. The summed E-state index contributed by atoms with van der Waals surface area (Å²) in [5, 5.41) is 3.18. The van der Waals surface area contributed by atoms with Gasteiger partial charge in [-0.3, -0.25) is 9.59 Å². The van der Waals surface area contributed by atoms with Crippen molar-refractivity contribution in [2.24, 2.45) is 0 Å². The first kappa shape index (κ1) is 15.8. The fourth-order valence-electron chi connectivity index (χ4n) is 2.43. The molecular formula is C15H20ClN3O2. The number of benzene rings is 1. The van der Waals surface area contributed by atoms with Gasteiger partial charge in [-0.05, 0) is 57.2 Å². The highest BCUT2D eigenvalue weighted by Gasteiger charge is 2.27. The van der Waals surface area contributed by atoms with E-state index in [1.165, 1.54) is 0 Å². The van der Waals surface area contributed by atoms with Crippen LogP contribution in [-0.4, -0.2) is 54.8 Å². The minimum atomic E-state index is -0.612. The summed E-state index contributed by atoms with van der Waals surface area (Å²) in [4.78, 5) is 27.9. The molecule has 1 aliphatic rings. The van der Waals surface area contributed by atoms with E-state index >= 15 is 0 Å². The molecule has 21 heavy (non-hydrogen) atoms. The van der Waals surface area contributed by atoms with E-state index in [-0.39, 0.29) is 6.04 Å². The third kappa shape index (κ3) is 4.19. The highest BCUT2D eigenvalue weighted by Crippen LogP contribution is 2.16. The Labute approximate surface area is 129 Å². The maximum absolute atomic E-state index is 12.2. The van der Waals surface area contributed by atoms with Crippen LogP contribution in [0.2, 0.25) is 5.02 Å². The molecule has 1 heterocycles. The molecule has 0 bridgehead atoms. The molecule has 0 unspecified atom stereocenters. The zero-order chi connectivity index (χ0) is 15.4. The predicted octanol–water partition coefficient (Wildman–Crippen LogP) is 1.83. The molecule has 2 amide bonds. The molecule has 2 rings (SSSR count). The summed E-state index contributed by atoms with van der Waals surface area (Å²) < 4.78 is 0. The van der Waals surface area contributed by atoms with E-state index < -0.39 is 11.8 Å². The number of nitrogens with one attached hydrogen (secondary N) is 1. The van der Waals surface area contributed by atoms with Crippen LogP contribution in [0.15, 0.2) is 24.3 Å². The number of likely N-dealkylation sites (tertiary alicyclic amines) is 1. The van der Waals surface area contributed by atoms with E-state index in [9.17, 15) is 9.59 Å². The van der Waals surface area contributed by atoms with Crippen LogP contribution in [0.3, 0.4) is 0 Å². The topological polar surface area (TPSA) is 52.7 Å². The van der Waals surface area contributed by atoms with Gasteiger partial charge in [0.05, 0.1) is 0 Å². The first-order chi connectivity index (χ1) is 9.97. The van der Waals surface area contributed by atoms with Gasteiger partial charge in [0.15, 0.2) is 0 Å². The summed E-state index contributed by atoms with van der Waals surface area (Å²) in [5.41, 5.74) is 0.564. The summed E-state index contributed by atoms with van der Waals surface area (Å²) in [6.45, 7) is 1.89. The zero-order valence-corrected chi connectivity index (χ0v) is 13.1. The Hall–Kier alpha value is -1.59. The molecule has 114 valence electrons. The molecule has 0 atom stereocenters. The van der Waals surface area contributed by atoms with E-state index in [2.05, 4.69) is 17.3 Å². The lowest BCUT2D eigenvalue weighted by molar-refractivity contribution is -0.144. The third-order valence-corrected chi connectivity index (χ3v) is 4.10. The Kier molecular flexibility index (Phi) is 5.20. The van der Waals surface area contributed by atoms with E-state index in [1.807, 2.05) is 0 Å². The number of anilines is 1. The fraction of sp³-hybridized carbons (Fsp3) is 0.467. The van der Waals surface area contributed by atoms with Gasteiger partial charge >= 0.3 is 11.8 Å². The molecule has 0 saturated carbocycles. The Bertz CT molecular complexity index is 510. The van der Waals surface area contributed by atoms with Crippen LogP contribution in [0, 0.1) is 0 Å². The maximum atomic E-state index is 12.2. The molecule has 1 aromatic carbocycles. The van der Waals surface area contributed by atoms with Crippen molar-refractivity contribution >= 4 is 29.1 Å². The average Bonchev–Trinajstić information content (AvgIpc) is 2.49. The maximum Gasteiger partial charge on any atom is 0.313 e. The van der Waals surface area contributed by atoms with Crippen LogP contribution in [0.25, 0.3) is 0 Å². The molecule has 1 fully saturated rings. The van der Waals surface area contributed by atoms with E-state index in [1.54, 1.807) is 36.2 Å². The molecule has 1 saturated heterocycles. The average molecular weight is 310 g/mol. The number of halogens is 1. The summed E-state index contributed by atoms with van der Waals surface area (Å²) in [6, 6.07) is 6.81. The lowest BCUT2D eigenvalue weighted by atomic mass is 10.0. The van der Waals surface area contributed by atoms with E-state index in [0.717, 1.165) is 25.9 Å². The molecule has 0 aliphatic carbocycles. The quantitative estimate of drug-likeness (QED) is 0.848. The van der Waals surface area contributed by atoms with Crippen molar-refractivity contribution in [1.82, 2.24) is 9.80 Å². The van der Waals surface area contributed by atoms with Gasteiger partial charge in [0.25, 0.3) is 0 Å². The number of amides is 2. The third-order valence-electron chi connectivity index (χ3n) is 3.85. The standard InChI is InChI=1S/C15H20ClN3O2/c1-18-9-7-13(8-10-18)19(2)15(21)14(20)17-12-5-3-11(16)4-6-12/h3-6,13H,7-10H2,1-2H3,(H,17,20). The number of nitrogens with zero attached hydrogens (tertiary/aromatic N) is 2. The van der Waals surface area contributed by atoms with E-state index in [0.29, 0.717) is 10.7 Å². The van der Waals surface area contributed by atoms with Crippen LogP contribution < -0.4 is 5.32 Å². The number of hydrogen-bond acceptors (Lipinski definition) is 3. The number of hydrogen-bond donors (Lipinski definition) is 1. The smallest absolute Gasteiger partial charge is 0.313 e. The SMILES string of the molecule is CN1CCC(N(C)C(=O)C(=O)Nc2ccc(Cl)cc2)CC1. The van der Waals surface area contributed by atoms with Crippen LogP contribution in [-0.2, 0) is 9.59 Å². The van der Waals surface area contributed by atoms with Gasteiger partial charge in [0, 0.05) is 23.8 Å². The number of carbonyl (C=O) groups excluding carboxylic acids is 2. The molecular weight excluding hydrogens is 290 g/mol. The summed E-state index contributed by atoms with van der Waals surface area (Å²) in [6.07, 6.45) is 1.79. The molecule has 1 aliphatic heterocycles. The first-order valence-electron chi connectivity index (χ1n) is 6.99. The monoisotopic (exact) mass is 309 g/mol. The van der Waals surface area contributed by atoms with Crippen LogP contribution >= 0.6 is 11.6 Å². The van der Waals surface area contributed by atoms with Crippen molar-refractivity contribution in [2.45, 2.75) is 18.9 Å². The highest BCUT2D eigenvalue weighted by atomic mass is 35.5. The van der Waals surface area contributed by atoms with Crippen molar-refractivity contribution in [3.63, 3.8) is 0 Å². The molecule has 5 nitrogen and oxygen atoms in total. The van der Waals surface area contributed by atoms with Gasteiger partial charge < -0.3 is 15.1 Å². The highest BCUT2D eigenvalue weighted by molar-refractivity contribution is 6.39. The Balaban J connectivity index is 1.92. The van der Waals surface area contributed by atoms with Gasteiger partial charge in [0.2, 0.25) is 0 Å². The van der Waals surface area contributed by atoms with Crippen molar-refractivity contribution in [3.05, 3.63) is 29.3 Å². The van der Waals surface area contributed by atoms with Gasteiger partial charge in [0.1, 0.15) is 0 Å². The number of carbonyl (C=O) groups is 2. The normalized spacial score (nSPS) is 16.5. The molecule has 6 heteroatoms. The largest absolute Gasteiger partial charge is 0.334 e. The van der Waals surface area contributed by atoms with E-state index in [4.69, 9.17) is 11.6 Å². The predicted molar refractivity (Wildman–Crippen MR) is 83.4 cm³/mol. The second kappa shape index (κ2) is 6.91. The molecule has 0 radical (unpaired) electrons. The molecule has 0 aromatic heterocycles. The molecule has 1 N–H and O–H groups in total. The minimum absolute atomic E-state index is 0.129. The van der Waals surface area contributed by atoms with Crippen molar-refractivity contribution in [1.29, 1.82) is 0 Å². The van der Waals surface area contributed by atoms with Crippen molar-refractivity contribution in [3.8, 4) is 0 Å². The zero-order valence-electron chi connectivity index (χ0n) is 12.3. The molecule has 1 aromatic rings. The summed E-state index contributed by atoms with van der Waals surface area (Å²) in [7, 11) is 3.76. The van der Waals surface area contributed by atoms with Gasteiger partial charge in [-0.15, -0.1) is 0 Å². The van der Waals surface area contributed by atoms with Gasteiger partial charge in [-0.1, -0.05) is 11.6 Å². The van der Waals surface area contributed by atoms with Crippen LogP contribution in [0.1, 0.15) is 12.8 Å².